The third-order valence-corrected chi connectivity index (χ3v) is 6.33. The fourth-order valence-electron chi connectivity index (χ4n) is 1.83. The van der Waals surface area contributed by atoms with Gasteiger partial charge in [0, 0.05) is 5.69 Å². The highest BCUT2D eigenvalue weighted by Crippen LogP contribution is 2.27. The number of anilines is 1. The molecule has 6 nitrogen and oxygen atoms in total. The second-order valence-electron chi connectivity index (χ2n) is 4.45. The summed E-state index contributed by atoms with van der Waals surface area (Å²) < 4.78 is 29.7. The second-order valence-corrected chi connectivity index (χ2v) is 8.83. The average Bonchev–Trinajstić information content (AvgIpc) is 3.12. The smallest absolute Gasteiger partial charge is 0.271 e. The van der Waals surface area contributed by atoms with E-state index in [2.05, 4.69) is 30.7 Å². The summed E-state index contributed by atoms with van der Waals surface area (Å²) in [6, 6.07) is 10.4. The first-order chi connectivity index (χ1) is 10.5. The summed E-state index contributed by atoms with van der Waals surface area (Å²) in [5.74, 6) is 0. The minimum Gasteiger partial charge on any atom is -0.279 e. The number of thiophene rings is 1. The summed E-state index contributed by atoms with van der Waals surface area (Å²) in [5.41, 5.74) is 1.53. The van der Waals surface area contributed by atoms with E-state index in [0.717, 1.165) is 9.35 Å². The molecule has 2 heterocycles. The van der Waals surface area contributed by atoms with E-state index in [-0.39, 0.29) is 4.21 Å². The fourth-order valence-corrected chi connectivity index (χ4v) is 4.90. The lowest BCUT2D eigenvalue weighted by Crippen LogP contribution is -2.11. The first-order valence-corrected chi connectivity index (χ1v) is 9.32. The molecule has 3 rings (SSSR count). The number of rotatable bonds is 5. The van der Waals surface area contributed by atoms with Gasteiger partial charge in [-0.1, -0.05) is 12.1 Å². The molecule has 0 radical (unpaired) electrons. The van der Waals surface area contributed by atoms with Crippen LogP contribution >= 0.6 is 27.3 Å². The van der Waals surface area contributed by atoms with Gasteiger partial charge in [-0.2, -0.15) is 5.10 Å². The third kappa shape index (κ3) is 3.54. The maximum Gasteiger partial charge on any atom is 0.271 e. The lowest BCUT2D eigenvalue weighted by Gasteiger charge is -2.07. The first-order valence-electron chi connectivity index (χ1n) is 6.22. The molecule has 1 aromatic carbocycles. The lowest BCUT2D eigenvalue weighted by atomic mass is 10.2. The van der Waals surface area contributed by atoms with Crippen LogP contribution in [0.3, 0.4) is 0 Å². The molecule has 0 bridgehead atoms. The molecule has 0 spiro atoms. The van der Waals surface area contributed by atoms with Gasteiger partial charge in [-0.3, -0.25) is 4.72 Å². The molecule has 2 aromatic heterocycles. The molecule has 114 valence electrons. The van der Waals surface area contributed by atoms with Crippen LogP contribution in [0, 0.1) is 0 Å². The summed E-state index contributed by atoms with van der Waals surface area (Å²) >= 11 is 4.43. The molecule has 1 N–H and O–H groups in total. The van der Waals surface area contributed by atoms with Gasteiger partial charge in [-0.15, -0.1) is 11.3 Å². The van der Waals surface area contributed by atoms with Gasteiger partial charge < -0.3 is 0 Å². The fraction of sp³-hybridized carbons (Fsp3) is 0.0769. The second kappa shape index (κ2) is 6.19. The molecule has 0 aliphatic rings. The predicted octanol–water partition coefficient (Wildman–Crippen LogP) is 2.95. The highest BCUT2D eigenvalue weighted by atomic mass is 79.9. The zero-order chi connectivity index (χ0) is 15.6. The number of aromatic nitrogens is 3. The van der Waals surface area contributed by atoms with Gasteiger partial charge in [-0.05, 0) is 45.8 Å². The molecule has 3 aromatic rings. The Labute approximate surface area is 140 Å². The van der Waals surface area contributed by atoms with E-state index in [4.69, 9.17) is 0 Å². The molecule has 22 heavy (non-hydrogen) atoms. The minimum absolute atomic E-state index is 0.270. The predicted molar refractivity (Wildman–Crippen MR) is 88.4 cm³/mol. The molecule has 0 saturated heterocycles. The van der Waals surface area contributed by atoms with Crippen molar-refractivity contribution in [2.75, 3.05) is 4.72 Å². The van der Waals surface area contributed by atoms with Gasteiger partial charge in [0.15, 0.2) is 0 Å². The van der Waals surface area contributed by atoms with Gasteiger partial charge in [0.25, 0.3) is 10.0 Å². The van der Waals surface area contributed by atoms with Crippen molar-refractivity contribution in [1.82, 2.24) is 14.8 Å². The molecule has 0 atom stereocenters. The normalized spacial score (nSPS) is 11.5. The van der Waals surface area contributed by atoms with E-state index >= 15 is 0 Å². The summed E-state index contributed by atoms with van der Waals surface area (Å²) in [7, 11) is -3.54. The van der Waals surface area contributed by atoms with Crippen LogP contribution in [0.5, 0.6) is 0 Å². The number of hydrogen-bond acceptors (Lipinski definition) is 5. The van der Waals surface area contributed by atoms with E-state index in [1.807, 2.05) is 12.1 Å². The number of nitrogens with zero attached hydrogens (tertiary/aromatic N) is 3. The topological polar surface area (TPSA) is 76.9 Å². The van der Waals surface area contributed by atoms with Crippen molar-refractivity contribution in [3.8, 4) is 0 Å². The molecule has 0 unspecified atom stereocenters. The summed E-state index contributed by atoms with van der Waals surface area (Å²) in [5, 5.41) is 4.03. The number of sulfonamides is 1. The van der Waals surface area contributed by atoms with Crippen molar-refractivity contribution in [2.24, 2.45) is 0 Å². The van der Waals surface area contributed by atoms with E-state index in [9.17, 15) is 8.42 Å². The highest BCUT2D eigenvalue weighted by Gasteiger charge is 2.16. The van der Waals surface area contributed by atoms with Crippen LogP contribution < -0.4 is 4.72 Å². The number of halogens is 1. The van der Waals surface area contributed by atoms with Gasteiger partial charge in [0.05, 0.1) is 10.3 Å². The summed E-state index contributed by atoms with van der Waals surface area (Å²) in [4.78, 5) is 3.88. The Morgan fingerprint density at radius 2 is 1.95 bits per heavy atom. The Morgan fingerprint density at radius 3 is 2.55 bits per heavy atom. The average molecular weight is 399 g/mol. The molecule has 0 aliphatic heterocycles. The van der Waals surface area contributed by atoms with Crippen LogP contribution in [-0.2, 0) is 16.6 Å². The number of benzene rings is 1. The zero-order valence-electron chi connectivity index (χ0n) is 11.2. The monoisotopic (exact) mass is 398 g/mol. The maximum atomic E-state index is 12.2. The standard InChI is InChI=1S/C13H11BrN4O2S2/c14-12-5-6-13(21-12)22(19,20)17-11-3-1-10(2-4-11)7-18-9-15-8-16-18/h1-6,8-9,17H,7H2. The Balaban J connectivity index is 1.73. The van der Waals surface area contributed by atoms with Crippen LogP contribution in [0.4, 0.5) is 5.69 Å². The SMILES string of the molecule is O=S(=O)(Nc1ccc(Cn2cncn2)cc1)c1ccc(Br)s1. The van der Waals surface area contributed by atoms with Crippen molar-refractivity contribution in [3.05, 3.63) is 58.4 Å². The quantitative estimate of drug-likeness (QED) is 0.716. The minimum atomic E-state index is -3.54. The Hall–Kier alpha value is -1.71. The molecule has 9 heteroatoms. The van der Waals surface area contributed by atoms with Crippen molar-refractivity contribution >= 4 is 43.0 Å². The summed E-state index contributed by atoms with van der Waals surface area (Å²) in [6.45, 7) is 0.588. The van der Waals surface area contributed by atoms with Crippen LogP contribution in [0.25, 0.3) is 0 Å². The Bertz CT molecular complexity index is 858. The molecule has 0 saturated carbocycles. The molecular weight excluding hydrogens is 388 g/mol. The van der Waals surface area contributed by atoms with Gasteiger partial charge in [0.2, 0.25) is 0 Å². The zero-order valence-corrected chi connectivity index (χ0v) is 14.4. The van der Waals surface area contributed by atoms with E-state index in [0.29, 0.717) is 12.2 Å². The van der Waals surface area contributed by atoms with Crippen LogP contribution in [0.2, 0.25) is 0 Å². The van der Waals surface area contributed by atoms with Crippen molar-refractivity contribution in [2.45, 2.75) is 10.8 Å². The number of nitrogens with one attached hydrogen (secondary N) is 1. The summed E-state index contributed by atoms with van der Waals surface area (Å²) in [6.07, 6.45) is 3.10. The maximum absolute atomic E-state index is 12.2. The Kier molecular flexibility index (Phi) is 4.27. The van der Waals surface area contributed by atoms with E-state index in [1.54, 1.807) is 35.3 Å². The third-order valence-electron chi connectivity index (χ3n) is 2.83. The first kappa shape index (κ1) is 15.2. The molecule has 0 fully saturated rings. The number of hydrogen-bond donors (Lipinski definition) is 1. The van der Waals surface area contributed by atoms with Crippen LogP contribution in [-0.4, -0.2) is 23.2 Å². The van der Waals surface area contributed by atoms with Crippen LogP contribution in [0.1, 0.15) is 5.56 Å². The molecule has 0 aliphatic carbocycles. The van der Waals surface area contributed by atoms with Crippen molar-refractivity contribution < 1.29 is 8.42 Å². The Morgan fingerprint density at radius 1 is 1.18 bits per heavy atom. The van der Waals surface area contributed by atoms with E-state index in [1.165, 1.54) is 17.7 Å². The van der Waals surface area contributed by atoms with Gasteiger partial charge >= 0.3 is 0 Å². The van der Waals surface area contributed by atoms with Gasteiger partial charge in [-0.25, -0.2) is 18.1 Å². The van der Waals surface area contributed by atoms with Crippen LogP contribution in [0.15, 0.2) is 57.0 Å². The van der Waals surface area contributed by atoms with Crippen molar-refractivity contribution in [3.63, 3.8) is 0 Å². The van der Waals surface area contributed by atoms with E-state index < -0.39 is 10.0 Å². The highest BCUT2D eigenvalue weighted by molar-refractivity contribution is 9.11. The van der Waals surface area contributed by atoms with Crippen molar-refractivity contribution in [1.29, 1.82) is 0 Å². The van der Waals surface area contributed by atoms with Gasteiger partial charge in [0.1, 0.15) is 16.9 Å². The molecular formula is C13H11BrN4O2S2. The lowest BCUT2D eigenvalue weighted by molar-refractivity contribution is 0.603. The molecule has 0 amide bonds. The largest absolute Gasteiger partial charge is 0.279 e.